The molecule has 6 N–H and O–H groups in total. The number of benzene rings is 1. The first-order valence-electron chi connectivity index (χ1n) is 12.6. The highest BCUT2D eigenvalue weighted by Crippen LogP contribution is 2.42. The topological polar surface area (TPSA) is 126 Å². The lowest BCUT2D eigenvalue weighted by Crippen LogP contribution is -2.55. The van der Waals surface area contributed by atoms with Gasteiger partial charge in [0.05, 0.1) is 6.26 Å². The minimum Gasteiger partial charge on any atom is -0.464 e. The van der Waals surface area contributed by atoms with Crippen LogP contribution >= 0.6 is 0 Å². The Kier molecular flexibility index (Phi) is 6.32. The quantitative estimate of drug-likeness (QED) is 0.190. The van der Waals surface area contributed by atoms with Crippen LogP contribution in [0.4, 0.5) is 0 Å². The van der Waals surface area contributed by atoms with Gasteiger partial charge >= 0.3 is 0 Å². The molecular weight excluding hydrogens is 440 g/mol. The number of nitrogens with two attached hydrogens (primary N) is 2. The maximum absolute atomic E-state index is 13.8. The monoisotopic (exact) mass is 476 g/mol. The Morgan fingerprint density at radius 2 is 2.09 bits per heavy atom. The van der Waals surface area contributed by atoms with Crippen LogP contribution in [0.5, 0.6) is 0 Å². The number of furan rings is 1. The molecule has 8 heteroatoms. The summed E-state index contributed by atoms with van der Waals surface area (Å²) in [4.78, 5) is 19.4. The molecule has 1 saturated heterocycles. The number of H-pyrrole nitrogens is 1. The number of amidine groups is 1. The van der Waals surface area contributed by atoms with Crippen molar-refractivity contribution in [1.82, 2.24) is 15.3 Å². The van der Waals surface area contributed by atoms with Crippen LogP contribution in [-0.2, 0) is 10.2 Å². The van der Waals surface area contributed by atoms with Crippen LogP contribution in [0, 0.1) is 11.8 Å². The second kappa shape index (κ2) is 9.41. The van der Waals surface area contributed by atoms with Crippen LogP contribution in [0.25, 0.3) is 22.2 Å². The summed E-state index contributed by atoms with van der Waals surface area (Å²) in [6.07, 6.45) is 9.30. The molecule has 1 amide bonds. The molecule has 3 aromatic rings. The number of nitrogens with one attached hydrogen (secondary N) is 2. The van der Waals surface area contributed by atoms with Gasteiger partial charge < -0.3 is 25.6 Å². The fraction of sp³-hybridized carbons (Fsp3) is 0.481. The highest BCUT2D eigenvalue weighted by atomic mass is 16.3. The van der Waals surface area contributed by atoms with Crippen LogP contribution < -0.4 is 17.1 Å². The van der Waals surface area contributed by atoms with Gasteiger partial charge in [-0.05, 0) is 55.4 Å². The van der Waals surface area contributed by atoms with Gasteiger partial charge in [-0.25, -0.2) is 5.84 Å². The first-order chi connectivity index (χ1) is 16.9. The zero-order valence-corrected chi connectivity index (χ0v) is 20.6. The van der Waals surface area contributed by atoms with Gasteiger partial charge in [0.2, 0.25) is 5.91 Å². The van der Waals surface area contributed by atoms with Crippen molar-refractivity contribution in [1.29, 1.82) is 0 Å². The number of likely N-dealkylation sites (tertiary alicyclic amines) is 1. The summed E-state index contributed by atoms with van der Waals surface area (Å²) < 4.78 is 5.73. The van der Waals surface area contributed by atoms with Gasteiger partial charge in [-0.2, -0.15) is 5.10 Å². The summed E-state index contributed by atoms with van der Waals surface area (Å²) in [5.74, 6) is 13.5. The van der Waals surface area contributed by atoms with Crippen molar-refractivity contribution in [2.45, 2.75) is 63.8 Å². The number of aromatic amines is 1. The highest BCUT2D eigenvalue weighted by molar-refractivity contribution is 5.97. The molecule has 0 spiro atoms. The van der Waals surface area contributed by atoms with E-state index in [1.54, 1.807) is 6.26 Å². The van der Waals surface area contributed by atoms with Crippen molar-refractivity contribution in [2.24, 2.45) is 28.6 Å². The number of fused-ring (bicyclic) bond motifs is 2. The summed E-state index contributed by atoms with van der Waals surface area (Å²) in [5, 5.41) is 5.03. The van der Waals surface area contributed by atoms with E-state index in [0.29, 0.717) is 18.2 Å². The van der Waals surface area contributed by atoms with Crippen LogP contribution in [0.1, 0.15) is 57.9 Å². The minimum absolute atomic E-state index is 0.178. The average Bonchev–Trinajstić information content (AvgIpc) is 3.55. The maximum Gasteiger partial charge on any atom is 0.223 e. The molecule has 8 nitrogen and oxygen atoms in total. The molecule has 1 aliphatic heterocycles. The van der Waals surface area contributed by atoms with E-state index in [1.165, 1.54) is 0 Å². The SMILES string of the molecule is CC(C)(CC(=O)N1CCCC2C(/C(=N/N)NN)CCCC21)c1c[nH]c2cccc(-c3ccco3)c12. The van der Waals surface area contributed by atoms with Crippen LogP contribution in [-0.4, -0.2) is 34.2 Å². The van der Waals surface area contributed by atoms with Crippen molar-refractivity contribution in [3.63, 3.8) is 0 Å². The van der Waals surface area contributed by atoms with Crippen LogP contribution in [0.3, 0.4) is 0 Å². The molecular formula is C27H36N6O2. The van der Waals surface area contributed by atoms with E-state index in [4.69, 9.17) is 16.1 Å². The second-order valence-corrected chi connectivity index (χ2v) is 10.6. The fourth-order valence-corrected chi connectivity index (χ4v) is 6.51. The molecule has 2 fully saturated rings. The molecule has 3 heterocycles. The number of carbonyl (C=O) groups is 1. The van der Waals surface area contributed by atoms with Gasteiger partial charge in [-0.1, -0.05) is 32.4 Å². The lowest BCUT2D eigenvalue weighted by molar-refractivity contribution is -0.139. The zero-order chi connectivity index (χ0) is 24.6. The highest BCUT2D eigenvalue weighted by Gasteiger charge is 2.43. The third kappa shape index (κ3) is 4.20. The normalized spacial score (nSPS) is 23.3. The lowest BCUT2D eigenvalue weighted by Gasteiger charge is -2.48. The van der Waals surface area contributed by atoms with Crippen LogP contribution in [0.2, 0.25) is 0 Å². The van der Waals surface area contributed by atoms with E-state index in [2.05, 4.69) is 52.6 Å². The Morgan fingerprint density at radius 1 is 1.23 bits per heavy atom. The molecule has 0 bridgehead atoms. The van der Waals surface area contributed by atoms with Gasteiger partial charge in [0, 0.05) is 53.0 Å². The molecule has 0 radical (unpaired) electrons. The lowest BCUT2D eigenvalue weighted by atomic mass is 9.70. The van der Waals surface area contributed by atoms with E-state index in [9.17, 15) is 4.79 Å². The fourth-order valence-electron chi connectivity index (χ4n) is 6.51. The van der Waals surface area contributed by atoms with Gasteiger partial charge in [0.15, 0.2) is 0 Å². The summed E-state index contributed by atoms with van der Waals surface area (Å²) in [6.45, 7) is 5.13. The Labute approximate surface area is 206 Å². The first-order valence-corrected chi connectivity index (χ1v) is 12.6. The average molecular weight is 477 g/mol. The van der Waals surface area contributed by atoms with E-state index in [1.807, 2.05) is 18.2 Å². The van der Waals surface area contributed by atoms with Gasteiger partial charge in [-0.3, -0.25) is 4.79 Å². The summed E-state index contributed by atoms with van der Waals surface area (Å²) in [7, 11) is 0. The number of aromatic nitrogens is 1. The van der Waals surface area contributed by atoms with Gasteiger partial charge in [0.1, 0.15) is 11.6 Å². The number of hydrazone groups is 1. The number of piperidine rings is 1. The summed E-state index contributed by atoms with van der Waals surface area (Å²) in [5.41, 5.74) is 5.56. The Balaban J connectivity index is 1.41. The van der Waals surface area contributed by atoms with Gasteiger partial charge in [-0.15, -0.1) is 0 Å². The van der Waals surface area contributed by atoms with Crippen molar-refractivity contribution in [3.05, 3.63) is 48.4 Å². The Hall–Kier alpha value is -3.26. The third-order valence-corrected chi connectivity index (χ3v) is 8.14. The predicted molar refractivity (Wildman–Crippen MR) is 138 cm³/mol. The standard InChI is InChI=1S/C27H36N6O2/c1-27(2,20-16-30-21-10-3-8-19(25(20)21)23-12-6-14-35-23)15-24(34)33-13-5-9-17-18(26(31-28)32-29)7-4-11-22(17)33/h3,6,8,10,12,14,16-18,22,30H,4-5,7,9,11,13,15,28-29H2,1-2H3,(H,31,32). The predicted octanol–water partition coefficient (Wildman–Crippen LogP) is 4.24. The first kappa shape index (κ1) is 23.5. The molecule has 3 atom stereocenters. The molecule has 186 valence electrons. The number of hydrogen-bond donors (Lipinski definition) is 4. The van der Waals surface area contributed by atoms with E-state index < -0.39 is 0 Å². The van der Waals surface area contributed by atoms with Crippen molar-refractivity contribution in [2.75, 3.05) is 6.54 Å². The van der Waals surface area contributed by atoms with Crippen molar-refractivity contribution >= 4 is 22.6 Å². The molecule has 2 aliphatic rings. The Morgan fingerprint density at radius 3 is 2.83 bits per heavy atom. The van der Waals surface area contributed by atoms with E-state index in [0.717, 1.165) is 66.4 Å². The largest absolute Gasteiger partial charge is 0.464 e. The second-order valence-electron chi connectivity index (χ2n) is 10.6. The number of hydrogen-bond acceptors (Lipinski definition) is 5. The van der Waals surface area contributed by atoms with E-state index >= 15 is 0 Å². The number of nitrogens with zero attached hydrogens (tertiary/aromatic N) is 2. The molecule has 2 aromatic heterocycles. The van der Waals surface area contributed by atoms with Crippen molar-refractivity contribution in [3.8, 4) is 11.3 Å². The molecule has 1 aromatic carbocycles. The molecule has 3 unspecified atom stereocenters. The molecule has 5 rings (SSSR count). The van der Waals surface area contributed by atoms with Gasteiger partial charge in [0.25, 0.3) is 0 Å². The zero-order valence-electron chi connectivity index (χ0n) is 20.6. The third-order valence-electron chi connectivity index (χ3n) is 8.14. The minimum atomic E-state index is -0.359. The number of amides is 1. The van der Waals surface area contributed by atoms with Crippen molar-refractivity contribution < 1.29 is 9.21 Å². The number of carbonyl (C=O) groups excluding carboxylic acids is 1. The number of rotatable bonds is 5. The molecule has 1 saturated carbocycles. The molecule has 1 aliphatic carbocycles. The van der Waals surface area contributed by atoms with E-state index in [-0.39, 0.29) is 23.3 Å². The summed E-state index contributed by atoms with van der Waals surface area (Å²) in [6, 6.07) is 10.3. The molecule has 35 heavy (non-hydrogen) atoms. The Bertz CT molecular complexity index is 1210. The summed E-state index contributed by atoms with van der Waals surface area (Å²) >= 11 is 0. The maximum atomic E-state index is 13.8. The smallest absolute Gasteiger partial charge is 0.223 e. The van der Waals surface area contributed by atoms with Crippen LogP contribution in [0.15, 0.2) is 52.3 Å². The number of hydrazine groups is 1.